The number of benzene rings is 1. The summed E-state index contributed by atoms with van der Waals surface area (Å²) in [7, 11) is 8.62. The van der Waals surface area contributed by atoms with E-state index in [1.54, 1.807) is 26.2 Å². The fraction of sp³-hybridized carbons (Fsp3) is 0.750. The molecule has 1 aromatic carbocycles. The molecule has 12 heteroatoms. The maximum absolute atomic E-state index is 14.2. The maximum atomic E-state index is 14.2. The van der Waals surface area contributed by atoms with Crippen LogP contribution in [0.5, 0.6) is 0 Å². The van der Waals surface area contributed by atoms with Crippen LogP contribution in [-0.2, 0) is 28.7 Å². The summed E-state index contributed by atoms with van der Waals surface area (Å²) in [6.07, 6.45) is 1.15. The Morgan fingerprint density at radius 2 is 1.52 bits per heavy atom. The number of hydrogen-bond acceptors (Lipinski definition) is 8. The molecule has 0 aliphatic carbocycles. The summed E-state index contributed by atoms with van der Waals surface area (Å²) in [6, 6.07) is 7.09. The molecule has 4 amide bonds. The Bertz CT molecular complexity index is 1270. The van der Waals surface area contributed by atoms with Gasteiger partial charge < -0.3 is 35.6 Å². The highest BCUT2D eigenvalue weighted by molar-refractivity contribution is 5.90. The Morgan fingerprint density at radius 1 is 0.904 bits per heavy atom. The lowest BCUT2D eigenvalue weighted by atomic mass is 9.89. The molecule has 0 spiro atoms. The number of likely N-dealkylation sites (N-methyl/N-ethyl adjacent to an activating group) is 2. The number of carbonyl (C=O) groups excluding carboxylic acids is 4. The highest BCUT2D eigenvalue weighted by Crippen LogP contribution is 2.30. The van der Waals surface area contributed by atoms with Crippen LogP contribution in [0.1, 0.15) is 92.7 Å². The Morgan fingerprint density at radius 3 is 2.02 bits per heavy atom. The van der Waals surface area contributed by atoms with Crippen molar-refractivity contribution in [1.29, 1.82) is 0 Å². The van der Waals surface area contributed by atoms with Gasteiger partial charge in [0.05, 0.1) is 42.7 Å². The molecule has 1 aromatic rings. The summed E-state index contributed by atoms with van der Waals surface area (Å²) in [4.78, 5) is 60.7. The average Bonchev–Trinajstić information content (AvgIpc) is 3.59. The largest absolute Gasteiger partial charge is 0.379 e. The third kappa shape index (κ3) is 11.5. The minimum absolute atomic E-state index is 0.00512. The van der Waals surface area contributed by atoms with Crippen molar-refractivity contribution in [3.05, 3.63) is 35.9 Å². The van der Waals surface area contributed by atoms with Gasteiger partial charge in [0.15, 0.2) is 0 Å². The Labute approximate surface area is 313 Å². The number of nitrogens with two attached hydrogens (primary N) is 1. The maximum Gasteiger partial charge on any atom is 0.245 e. The molecular formula is C40H70N6O6. The van der Waals surface area contributed by atoms with Gasteiger partial charge in [-0.05, 0) is 57.2 Å². The van der Waals surface area contributed by atoms with Gasteiger partial charge in [-0.1, -0.05) is 85.2 Å². The van der Waals surface area contributed by atoms with Crippen molar-refractivity contribution in [2.24, 2.45) is 29.4 Å². The van der Waals surface area contributed by atoms with Crippen molar-refractivity contribution >= 4 is 23.6 Å². The predicted octanol–water partition coefficient (Wildman–Crippen LogP) is 3.84. The van der Waals surface area contributed by atoms with Crippen LogP contribution in [0.3, 0.4) is 0 Å². The first-order valence-electron chi connectivity index (χ1n) is 19.1. The SMILES string of the molecule is CC[C@@H](C)[C@@H]([C@@H](CC(=O)N1CCC[C@H]1[C@H](OC)[C@@H](C)C(=O)N[C@H](C)C(N)c1ccccc1)OC)N(C)C(=O)[C@@H](NC(=O)[C@H](C(C)C)N(C)C)C(C)C. The van der Waals surface area contributed by atoms with Crippen LogP contribution >= 0.6 is 0 Å². The quantitative estimate of drug-likeness (QED) is 0.184. The average molecular weight is 731 g/mol. The molecule has 0 saturated carbocycles. The highest BCUT2D eigenvalue weighted by Gasteiger charge is 2.43. The molecule has 1 heterocycles. The molecule has 2 rings (SSSR count). The van der Waals surface area contributed by atoms with Crippen LogP contribution in [0.15, 0.2) is 30.3 Å². The number of hydrogen-bond donors (Lipinski definition) is 3. The number of carbonyl (C=O) groups is 4. The topological polar surface area (TPSA) is 147 Å². The molecule has 4 N–H and O–H groups in total. The second-order valence-electron chi connectivity index (χ2n) is 15.7. The zero-order valence-corrected chi connectivity index (χ0v) is 34.2. The molecular weight excluding hydrogens is 660 g/mol. The van der Waals surface area contributed by atoms with Gasteiger partial charge in [-0.25, -0.2) is 0 Å². The van der Waals surface area contributed by atoms with E-state index in [0.29, 0.717) is 13.0 Å². The first-order chi connectivity index (χ1) is 24.4. The fourth-order valence-electron chi connectivity index (χ4n) is 7.82. The van der Waals surface area contributed by atoms with E-state index in [1.807, 2.05) is 95.8 Å². The molecule has 1 aliphatic heterocycles. The monoisotopic (exact) mass is 731 g/mol. The van der Waals surface area contributed by atoms with Crippen molar-refractivity contribution in [3.8, 4) is 0 Å². The second-order valence-corrected chi connectivity index (χ2v) is 15.7. The summed E-state index contributed by atoms with van der Waals surface area (Å²) in [5, 5.41) is 6.11. The summed E-state index contributed by atoms with van der Waals surface area (Å²) in [5.74, 6) is -1.37. The number of methoxy groups -OCH3 is 2. The summed E-state index contributed by atoms with van der Waals surface area (Å²) in [6.45, 7) is 16.2. The van der Waals surface area contributed by atoms with E-state index < -0.39 is 30.2 Å². The van der Waals surface area contributed by atoms with Gasteiger partial charge >= 0.3 is 0 Å². The summed E-state index contributed by atoms with van der Waals surface area (Å²) in [5.41, 5.74) is 7.40. The Kier molecular flexibility index (Phi) is 18.2. The zero-order valence-electron chi connectivity index (χ0n) is 34.2. The van der Waals surface area contributed by atoms with E-state index in [-0.39, 0.29) is 72.0 Å². The smallest absolute Gasteiger partial charge is 0.245 e. The van der Waals surface area contributed by atoms with Gasteiger partial charge in [0.25, 0.3) is 0 Å². The molecule has 0 radical (unpaired) electrons. The third-order valence-corrected chi connectivity index (χ3v) is 11.0. The minimum Gasteiger partial charge on any atom is -0.379 e. The molecule has 12 nitrogen and oxygen atoms in total. The molecule has 0 bridgehead atoms. The molecule has 10 atom stereocenters. The van der Waals surface area contributed by atoms with Gasteiger partial charge in [-0.15, -0.1) is 0 Å². The van der Waals surface area contributed by atoms with Crippen molar-refractivity contribution in [3.63, 3.8) is 0 Å². The fourth-order valence-corrected chi connectivity index (χ4v) is 7.82. The number of nitrogens with zero attached hydrogens (tertiary/aromatic N) is 3. The first-order valence-corrected chi connectivity index (χ1v) is 19.1. The van der Waals surface area contributed by atoms with Crippen LogP contribution < -0.4 is 16.4 Å². The van der Waals surface area contributed by atoms with Crippen molar-refractivity contribution in [1.82, 2.24) is 25.3 Å². The van der Waals surface area contributed by atoms with Crippen LogP contribution in [0.2, 0.25) is 0 Å². The van der Waals surface area contributed by atoms with E-state index in [4.69, 9.17) is 15.2 Å². The lowest BCUT2D eigenvalue weighted by Gasteiger charge is -2.41. The number of nitrogens with one attached hydrogen (secondary N) is 2. The zero-order chi connectivity index (χ0) is 39.4. The van der Waals surface area contributed by atoms with E-state index >= 15 is 0 Å². The van der Waals surface area contributed by atoms with Crippen LogP contribution in [0, 0.1) is 23.7 Å². The van der Waals surface area contributed by atoms with Crippen LogP contribution in [-0.4, -0.2) is 123 Å². The van der Waals surface area contributed by atoms with E-state index in [9.17, 15) is 19.2 Å². The van der Waals surface area contributed by atoms with Crippen LogP contribution in [0.25, 0.3) is 0 Å². The van der Waals surface area contributed by atoms with E-state index in [2.05, 4.69) is 24.5 Å². The molecule has 52 heavy (non-hydrogen) atoms. The Balaban J connectivity index is 2.25. The molecule has 1 fully saturated rings. The van der Waals surface area contributed by atoms with Crippen molar-refractivity contribution < 1.29 is 28.7 Å². The lowest BCUT2D eigenvalue weighted by molar-refractivity contribution is -0.148. The van der Waals surface area contributed by atoms with Gasteiger partial charge in [-0.2, -0.15) is 0 Å². The number of likely N-dealkylation sites (tertiary alicyclic amines) is 1. The normalized spacial score (nSPS) is 20.1. The summed E-state index contributed by atoms with van der Waals surface area (Å²) >= 11 is 0. The second kappa shape index (κ2) is 21.0. The highest BCUT2D eigenvalue weighted by atomic mass is 16.5. The Hall–Kier alpha value is -3.06. The van der Waals surface area contributed by atoms with Crippen LogP contribution in [0.4, 0.5) is 0 Å². The van der Waals surface area contributed by atoms with Gasteiger partial charge in [0, 0.05) is 39.9 Å². The first kappa shape index (κ1) is 45.1. The third-order valence-electron chi connectivity index (χ3n) is 11.0. The summed E-state index contributed by atoms with van der Waals surface area (Å²) < 4.78 is 12.0. The predicted molar refractivity (Wildman–Crippen MR) is 206 cm³/mol. The van der Waals surface area contributed by atoms with Gasteiger partial charge in [-0.3, -0.25) is 24.1 Å². The van der Waals surface area contributed by atoms with Gasteiger partial charge in [0.2, 0.25) is 23.6 Å². The van der Waals surface area contributed by atoms with Gasteiger partial charge in [0.1, 0.15) is 6.04 Å². The minimum atomic E-state index is -0.749. The molecule has 296 valence electrons. The number of ether oxygens (including phenoxy) is 2. The molecule has 0 aromatic heterocycles. The molecule has 1 saturated heterocycles. The van der Waals surface area contributed by atoms with Crippen molar-refractivity contribution in [2.45, 2.75) is 130 Å². The van der Waals surface area contributed by atoms with E-state index in [0.717, 1.165) is 18.4 Å². The number of amides is 4. The standard InChI is InChI=1S/C40H70N6O6/c1-14-26(6)36(45(11)40(50)34(24(2)3)43-39(49)35(25(4)5)44(9)10)31(51-12)23-32(47)46-22-18-21-30(46)37(52-13)27(7)38(48)42-28(8)33(41)29-19-16-15-17-20-29/h15-17,19-20,24-28,30-31,33-37H,14,18,21-23,41H2,1-13H3,(H,42,48)(H,43,49)/t26-,27-,28-,30+,31-,33?,34+,35+,36+,37-/m1/s1. The van der Waals surface area contributed by atoms with E-state index in [1.165, 1.54) is 0 Å². The number of rotatable bonds is 20. The molecule has 1 aliphatic rings. The van der Waals surface area contributed by atoms with Crippen molar-refractivity contribution in [2.75, 3.05) is 41.9 Å². The lowest BCUT2D eigenvalue weighted by Crippen LogP contribution is -2.59. The molecule has 1 unspecified atom stereocenters.